The lowest BCUT2D eigenvalue weighted by Crippen LogP contribution is -2.19. The normalized spacial score (nSPS) is 12.1. The second kappa shape index (κ2) is 8.32. The Morgan fingerprint density at radius 3 is 2.28 bits per heavy atom. The van der Waals surface area contributed by atoms with E-state index in [0.29, 0.717) is 17.8 Å². The number of aryl methyl sites for hydroxylation is 1. The van der Waals surface area contributed by atoms with E-state index in [4.69, 9.17) is 10.9 Å². The van der Waals surface area contributed by atoms with Gasteiger partial charge in [0.15, 0.2) is 0 Å². The summed E-state index contributed by atoms with van der Waals surface area (Å²) in [5.74, 6) is -1.63. The number of benzene rings is 2. The molecular weight excluding hydrogens is 450 g/mol. The van der Waals surface area contributed by atoms with Crippen LogP contribution in [0.1, 0.15) is 16.7 Å². The first-order valence-corrected chi connectivity index (χ1v) is 10.6. The fraction of sp³-hybridized carbons (Fsp3) is 0.143. The quantitative estimate of drug-likeness (QED) is 0.558. The second-order valence-electron chi connectivity index (χ2n) is 7.11. The summed E-state index contributed by atoms with van der Waals surface area (Å²) in [5.41, 5.74) is 3.86. The molecule has 0 aliphatic carbocycles. The number of hydrogen-bond donors (Lipinski definition) is 2. The van der Waals surface area contributed by atoms with Crippen LogP contribution < -0.4 is 10.9 Å². The van der Waals surface area contributed by atoms with Crippen LogP contribution in [0.3, 0.4) is 0 Å². The number of nitrogens with two attached hydrogens (primary N) is 2. The molecule has 0 atom stereocenters. The molecular formula is C21H17F4N3O3S. The van der Waals surface area contributed by atoms with Crippen molar-refractivity contribution in [3.05, 3.63) is 71.3 Å². The number of pyridine rings is 1. The highest BCUT2D eigenvalue weighted by molar-refractivity contribution is 7.89. The van der Waals surface area contributed by atoms with Gasteiger partial charge in [0.1, 0.15) is 5.82 Å². The van der Waals surface area contributed by atoms with E-state index >= 15 is 0 Å². The maximum absolute atomic E-state index is 14.9. The number of amides is 1. The Labute approximate surface area is 180 Å². The number of nitrogens with zero attached hydrogens (tertiary/aromatic N) is 1. The van der Waals surface area contributed by atoms with E-state index in [1.807, 2.05) is 0 Å². The van der Waals surface area contributed by atoms with Crippen LogP contribution in [0.2, 0.25) is 0 Å². The zero-order valence-electron chi connectivity index (χ0n) is 16.6. The average molecular weight is 467 g/mol. The van der Waals surface area contributed by atoms with E-state index in [1.54, 1.807) is 6.92 Å². The Bertz CT molecular complexity index is 1320. The molecule has 0 fully saturated rings. The van der Waals surface area contributed by atoms with Crippen molar-refractivity contribution in [3.8, 4) is 22.3 Å². The van der Waals surface area contributed by atoms with Crippen molar-refractivity contribution >= 4 is 15.9 Å². The minimum Gasteiger partial charge on any atom is -0.369 e. The Balaban J connectivity index is 2.45. The van der Waals surface area contributed by atoms with Gasteiger partial charge in [-0.15, -0.1) is 0 Å². The molecule has 6 nitrogen and oxygen atoms in total. The average Bonchev–Trinajstić information content (AvgIpc) is 2.66. The van der Waals surface area contributed by atoms with Crippen LogP contribution in [0.15, 0.2) is 53.7 Å². The van der Waals surface area contributed by atoms with E-state index in [0.717, 1.165) is 12.3 Å². The monoisotopic (exact) mass is 467 g/mol. The van der Waals surface area contributed by atoms with Gasteiger partial charge < -0.3 is 5.73 Å². The number of halogens is 4. The van der Waals surface area contributed by atoms with Crippen LogP contribution in [0.5, 0.6) is 0 Å². The largest absolute Gasteiger partial charge is 0.417 e. The highest BCUT2D eigenvalue weighted by Crippen LogP contribution is 2.40. The summed E-state index contributed by atoms with van der Waals surface area (Å²) in [7, 11) is -4.62. The Morgan fingerprint density at radius 2 is 1.72 bits per heavy atom. The summed E-state index contributed by atoms with van der Waals surface area (Å²) in [6, 6.07) is 7.15. The number of rotatable bonds is 5. The molecule has 168 valence electrons. The van der Waals surface area contributed by atoms with Gasteiger partial charge in [0.05, 0.1) is 16.9 Å². The first-order valence-electron chi connectivity index (χ1n) is 9.05. The molecule has 1 heterocycles. The van der Waals surface area contributed by atoms with Crippen molar-refractivity contribution in [2.24, 2.45) is 10.9 Å². The predicted molar refractivity (Wildman–Crippen MR) is 109 cm³/mol. The first kappa shape index (κ1) is 23.4. The maximum atomic E-state index is 14.9. The Kier molecular flexibility index (Phi) is 6.07. The number of primary sulfonamides is 1. The number of hydrogen-bond acceptors (Lipinski definition) is 4. The summed E-state index contributed by atoms with van der Waals surface area (Å²) in [4.78, 5) is 14.5. The Morgan fingerprint density at radius 1 is 1.06 bits per heavy atom. The SMILES string of the molecule is Cc1ccc(-c2c(CC(N)=O)ccc(-c3cncc(C(F)(F)F)c3)c2S(N)(=O)=O)c(F)c1. The number of alkyl halides is 3. The van der Waals surface area contributed by atoms with Gasteiger partial charge in [-0.3, -0.25) is 9.78 Å². The fourth-order valence-electron chi connectivity index (χ4n) is 3.34. The third-order valence-corrected chi connectivity index (χ3v) is 5.66. The van der Waals surface area contributed by atoms with Crippen LogP contribution in [0.4, 0.5) is 17.6 Å². The molecule has 0 bridgehead atoms. The lowest BCUT2D eigenvalue weighted by Gasteiger charge is -2.19. The van der Waals surface area contributed by atoms with Crippen molar-refractivity contribution in [3.63, 3.8) is 0 Å². The third-order valence-electron chi connectivity index (χ3n) is 4.66. The lowest BCUT2D eigenvalue weighted by molar-refractivity contribution is -0.137. The molecule has 0 radical (unpaired) electrons. The molecule has 0 saturated carbocycles. The van der Waals surface area contributed by atoms with Crippen molar-refractivity contribution in [1.82, 2.24) is 4.98 Å². The van der Waals surface area contributed by atoms with Gasteiger partial charge in [-0.05, 0) is 30.2 Å². The molecule has 3 aromatic rings. The molecule has 3 rings (SSSR count). The predicted octanol–water partition coefficient (Wildman–Crippen LogP) is 3.56. The van der Waals surface area contributed by atoms with Gasteiger partial charge >= 0.3 is 6.18 Å². The highest BCUT2D eigenvalue weighted by Gasteiger charge is 2.32. The van der Waals surface area contributed by atoms with Crippen molar-refractivity contribution in [1.29, 1.82) is 0 Å². The molecule has 0 unspecified atom stereocenters. The van der Waals surface area contributed by atoms with E-state index in [2.05, 4.69) is 4.98 Å². The van der Waals surface area contributed by atoms with Gasteiger partial charge in [0.25, 0.3) is 0 Å². The summed E-state index contributed by atoms with van der Waals surface area (Å²) in [5, 5.41) is 5.43. The molecule has 0 aliphatic heterocycles. The van der Waals surface area contributed by atoms with Crippen LogP contribution in [-0.4, -0.2) is 19.3 Å². The molecule has 1 aromatic heterocycles. The van der Waals surface area contributed by atoms with Gasteiger partial charge in [0.2, 0.25) is 15.9 Å². The molecule has 32 heavy (non-hydrogen) atoms. The second-order valence-corrected chi connectivity index (χ2v) is 8.61. The number of carbonyl (C=O) groups excluding carboxylic acids is 1. The molecule has 2 aromatic carbocycles. The molecule has 0 aliphatic rings. The van der Waals surface area contributed by atoms with E-state index < -0.39 is 44.8 Å². The third kappa shape index (κ3) is 4.78. The topological polar surface area (TPSA) is 116 Å². The Hall–Kier alpha value is -3.31. The van der Waals surface area contributed by atoms with E-state index in [1.165, 1.54) is 24.3 Å². The van der Waals surface area contributed by atoms with Crippen LogP contribution in [0.25, 0.3) is 22.3 Å². The van der Waals surface area contributed by atoms with Gasteiger partial charge in [-0.1, -0.05) is 24.3 Å². The number of aromatic nitrogens is 1. The van der Waals surface area contributed by atoms with Gasteiger partial charge in [-0.25, -0.2) is 17.9 Å². The number of primary amides is 1. The summed E-state index contributed by atoms with van der Waals surface area (Å²) >= 11 is 0. The number of carbonyl (C=O) groups is 1. The lowest BCUT2D eigenvalue weighted by atomic mass is 9.92. The molecule has 0 saturated heterocycles. The van der Waals surface area contributed by atoms with Crippen molar-refractivity contribution < 1.29 is 30.8 Å². The minimum atomic E-state index is -4.73. The van der Waals surface area contributed by atoms with Gasteiger partial charge in [0, 0.05) is 34.6 Å². The summed E-state index contributed by atoms with van der Waals surface area (Å²) in [6.07, 6.45) is -3.57. The van der Waals surface area contributed by atoms with Gasteiger partial charge in [-0.2, -0.15) is 13.2 Å². The van der Waals surface area contributed by atoms with Crippen LogP contribution in [0, 0.1) is 12.7 Å². The first-order chi connectivity index (χ1) is 14.8. The van der Waals surface area contributed by atoms with E-state index in [-0.39, 0.29) is 27.8 Å². The molecule has 1 amide bonds. The van der Waals surface area contributed by atoms with E-state index in [9.17, 15) is 30.8 Å². The van der Waals surface area contributed by atoms with Crippen LogP contribution in [-0.2, 0) is 27.4 Å². The zero-order valence-corrected chi connectivity index (χ0v) is 17.4. The van der Waals surface area contributed by atoms with Crippen molar-refractivity contribution in [2.75, 3.05) is 0 Å². The zero-order chi connectivity index (χ0) is 23.8. The number of sulfonamides is 1. The highest BCUT2D eigenvalue weighted by atomic mass is 32.2. The molecule has 11 heteroatoms. The minimum absolute atomic E-state index is 0.0490. The van der Waals surface area contributed by atoms with Crippen molar-refractivity contribution in [2.45, 2.75) is 24.4 Å². The smallest absolute Gasteiger partial charge is 0.369 e. The summed E-state index contributed by atoms with van der Waals surface area (Å²) in [6.45, 7) is 1.61. The van der Waals surface area contributed by atoms with Crippen LogP contribution >= 0.6 is 0 Å². The molecule has 0 spiro atoms. The summed E-state index contributed by atoms with van der Waals surface area (Å²) < 4.78 is 79.6. The standard InChI is InChI=1S/C21H17F4N3O3S/c1-11-2-4-16(17(22)6-11)19-12(8-18(26)29)3-5-15(20(19)32(27,30)31)13-7-14(10-28-9-13)21(23,24)25/h2-7,9-10H,8H2,1H3,(H2,26,29)(H2,27,30,31). The fourth-order valence-corrected chi connectivity index (χ4v) is 4.36. The molecule has 4 N–H and O–H groups in total. The maximum Gasteiger partial charge on any atom is 0.417 e.